The number of ether oxygens (including phenoxy) is 2. The number of aryl methyl sites for hydroxylation is 1. The number of rotatable bonds is 11. The van der Waals surface area contributed by atoms with E-state index in [0.717, 1.165) is 15.9 Å². The Morgan fingerprint density at radius 2 is 1.81 bits per heavy atom. The van der Waals surface area contributed by atoms with Gasteiger partial charge in [0.1, 0.15) is 33.0 Å². The lowest BCUT2D eigenvalue weighted by Gasteiger charge is -2.29. The van der Waals surface area contributed by atoms with E-state index in [-0.39, 0.29) is 24.6 Å². The standard InChI is InChI=1S/C29H37FN6O6S/c1-16(2)33-26(38)29(6,7)35-23(37)22-17(3)24(36-31-11-12-32-36)43-25(22)34(27(35)39)14-21(42-15-28(4,5)40)19-13-18(30)9-10-20(19)41-8/h9-13,16,21,40H,14-15H2,1-8H3,(H,33,38). The Bertz CT molecular complexity index is 1750. The first-order valence-corrected chi connectivity index (χ1v) is 14.5. The smallest absolute Gasteiger partial charge is 0.333 e. The number of halogens is 1. The molecule has 0 fully saturated rings. The minimum atomic E-state index is -1.59. The molecular formula is C29H37FN6O6S. The van der Waals surface area contributed by atoms with Gasteiger partial charge in [-0.25, -0.2) is 13.8 Å². The van der Waals surface area contributed by atoms with E-state index in [0.29, 0.717) is 26.7 Å². The highest BCUT2D eigenvalue weighted by atomic mass is 32.1. The number of benzene rings is 1. The highest BCUT2D eigenvalue weighted by Gasteiger charge is 2.36. The molecule has 1 unspecified atom stereocenters. The van der Waals surface area contributed by atoms with Crippen molar-refractivity contribution in [2.24, 2.45) is 0 Å². The molecule has 14 heteroatoms. The molecule has 0 saturated heterocycles. The van der Waals surface area contributed by atoms with Crippen LogP contribution in [0.25, 0.3) is 15.2 Å². The molecule has 0 aliphatic heterocycles. The zero-order valence-electron chi connectivity index (χ0n) is 25.5. The summed E-state index contributed by atoms with van der Waals surface area (Å²) < 4.78 is 28.4. The van der Waals surface area contributed by atoms with Gasteiger partial charge in [0.2, 0.25) is 5.91 Å². The predicted molar refractivity (Wildman–Crippen MR) is 161 cm³/mol. The predicted octanol–water partition coefficient (Wildman–Crippen LogP) is 3.05. The summed E-state index contributed by atoms with van der Waals surface area (Å²) in [7, 11) is 1.43. The molecule has 1 amide bonds. The van der Waals surface area contributed by atoms with Crippen LogP contribution in [0.5, 0.6) is 5.75 Å². The number of carbonyl (C=O) groups excluding carboxylic acids is 1. The number of methoxy groups -OCH3 is 1. The molecule has 3 aromatic heterocycles. The maximum atomic E-state index is 14.5. The van der Waals surface area contributed by atoms with Crippen LogP contribution < -0.4 is 21.3 Å². The van der Waals surface area contributed by atoms with Gasteiger partial charge in [-0.05, 0) is 66.7 Å². The zero-order chi connectivity index (χ0) is 31.9. The fourth-order valence-corrected chi connectivity index (χ4v) is 5.93. The molecule has 232 valence electrons. The van der Waals surface area contributed by atoms with Crippen molar-refractivity contribution in [3.05, 3.63) is 68.4 Å². The summed E-state index contributed by atoms with van der Waals surface area (Å²) in [6.45, 7) is 11.0. The van der Waals surface area contributed by atoms with Gasteiger partial charge in [0, 0.05) is 17.2 Å². The number of amides is 1. The third kappa shape index (κ3) is 6.40. The number of aliphatic hydroxyl groups is 1. The normalized spacial score (nSPS) is 13.1. The van der Waals surface area contributed by atoms with Crippen LogP contribution >= 0.6 is 11.3 Å². The summed E-state index contributed by atoms with van der Waals surface area (Å²) in [5, 5.41) is 22.3. The number of thiophene rings is 1. The highest BCUT2D eigenvalue weighted by molar-refractivity contribution is 7.21. The lowest BCUT2D eigenvalue weighted by atomic mass is 10.0. The molecule has 4 rings (SSSR count). The maximum Gasteiger partial charge on any atom is 0.333 e. The van der Waals surface area contributed by atoms with Crippen LogP contribution in [0.1, 0.15) is 58.8 Å². The van der Waals surface area contributed by atoms with E-state index in [1.807, 2.05) is 0 Å². The molecule has 0 spiro atoms. The van der Waals surface area contributed by atoms with Crippen molar-refractivity contribution in [3.8, 4) is 10.8 Å². The van der Waals surface area contributed by atoms with Gasteiger partial charge in [-0.1, -0.05) is 11.3 Å². The number of nitrogens with one attached hydrogen (secondary N) is 1. The molecule has 4 aromatic rings. The Morgan fingerprint density at radius 3 is 2.40 bits per heavy atom. The fraction of sp³-hybridized carbons (Fsp3) is 0.483. The van der Waals surface area contributed by atoms with Crippen molar-refractivity contribution in [1.82, 2.24) is 29.4 Å². The van der Waals surface area contributed by atoms with Crippen LogP contribution in [-0.2, 0) is 21.6 Å². The average Bonchev–Trinajstić information content (AvgIpc) is 3.55. The minimum absolute atomic E-state index is 0.164. The molecule has 1 atom stereocenters. The van der Waals surface area contributed by atoms with E-state index in [1.165, 1.54) is 60.9 Å². The van der Waals surface area contributed by atoms with E-state index in [4.69, 9.17) is 9.47 Å². The summed E-state index contributed by atoms with van der Waals surface area (Å²) in [5.74, 6) is -0.767. The largest absolute Gasteiger partial charge is 0.496 e. The topological polar surface area (TPSA) is 142 Å². The quantitative estimate of drug-likeness (QED) is 0.262. The molecule has 2 N–H and O–H groups in total. The van der Waals surface area contributed by atoms with Crippen molar-refractivity contribution in [2.45, 2.75) is 78.3 Å². The van der Waals surface area contributed by atoms with Crippen molar-refractivity contribution >= 4 is 27.5 Å². The summed E-state index contributed by atoms with van der Waals surface area (Å²) in [5.41, 5.74) is -3.45. The van der Waals surface area contributed by atoms with E-state index < -0.39 is 40.2 Å². The van der Waals surface area contributed by atoms with Crippen molar-refractivity contribution in [1.29, 1.82) is 0 Å². The number of fused-ring (bicyclic) bond motifs is 1. The molecule has 0 aliphatic rings. The number of nitrogens with zero attached hydrogens (tertiary/aromatic N) is 5. The van der Waals surface area contributed by atoms with Crippen molar-refractivity contribution in [2.75, 3.05) is 13.7 Å². The SMILES string of the molecule is COc1ccc(F)cc1C(Cn1c(=O)n(C(C)(C)C(=O)NC(C)C)c(=O)c2c(C)c(-n3nccn3)sc21)OCC(C)(C)O. The van der Waals surface area contributed by atoms with Gasteiger partial charge in [-0.3, -0.25) is 14.2 Å². The van der Waals surface area contributed by atoms with Crippen LogP contribution in [0, 0.1) is 12.7 Å². The summed E-state index contributed by atoms with van der Waals surface area (Å²) in [6.07, 6.45) is 1.97. The Labute approximate surface area is 251 Å². The molecular weight excluding hydrogens is 579 g/mol. The average molecular weight is 617 g/mol. The molecule has 0 aliphatic carbocycles. The molecule has 3 heterocycles. The summed E-state index contributed by atoms with van der Waals surface area (Å²) in [4.78, 5) is 43.4. The Morgan fingerprint density at radius 1 is 1.16 bits per heavy atom. The molecule has 12 nitrogen and oxygen atoms in total. The van der Waals surface area contributed by atoms with Crippen LogP contribution in [0.2, 0.25) is 0 Å². The first kappa shape index (κ1) is 32.0. The molecule has 43 heavy (non-hydrogen) atoms. The van der Waals surface area contributed by atoms with Gasteiger partial charge >= 0.3 is 5.69 Å². The number of aromatic nitrogens is 5. The first-order chi connectivity index (χ1) is 20.1. The van der Waals surface area contributed by atoms with E-state index >= 15 is 0 Å². The van der Waals surface area contributed by atoms with Crippen LogP contribution in [0.4, 0.5) is 4.39 Å². The monoisotopic (exact) mass is 616 g/mol. The Kier molecular flexibility index (Phi) is 8.95. The lowest BCUT2D eigenvalue weighted by Crippen LogP contribution is -2.56. The van der Waals surface area contributed by atoms with Crippen LogP contribution in [-0.4, -0.2) is 60.5 Å². The number of hydrogen-bond donors (Lipinski definition) is 2. The van der Waals surface area contributed by atoms with Gasteiger partial charge in [0.15, 0.2) is 0 Å². The van der Waals surface area contributed by atoms with Crippen molar-refractivity contribution < 1.29 is 23.8 Å². The molecule has 1 aromatic carbocycles. The molecule has 0 radical (unpaired) electrons. The van der Waals surface area contributed by atoms with E-state index in [2.05, 4.69) is 15.5 Å². The van der Waals surface area contributed by atoms with Gasteiger partial charge in [0.05, 0.1) is 43.6 Å². The van der Waals surface area contributed by atoms with Gasteiger partial charge < -0.3 is 19.9 Å². The third-order valence-corrected chi connectivity index (χ3v) is 8.13. The van der Waals surface area contributed by atoms with Crippen molar-refractivity contribution in [3.63, 3.8) is 0 Å². The minimum Gasteiger partial charge on any atom is -0.496 e. The number of hydrogen-bond acceptors (Lipinski definition) is 9. The summed E-state index contributed by atoms with van der Waals surface area (Å²) in [6, 6.07) is 3.68. The second-order valence-corrected chi connectivity index (χ2v) is 12.7. The highest BCUT2D eigenvalue weighted by Crippen LogP contribution is 2.34. The van der Waals surface area contributed by atoms with Gasteiger partial charge in [-0.15, -0.1) is 4.80 Å². The second kappa shape index (κ2) is 12.0. The van der Waals surface area contributed by atoms with Gasteiger partial charge in [0.25, 0.3) is 5.56 Å². The molecule has 0 saturated carbocycles. The van der Waals surface area contributed by atoms with E-state index in [9.17, 15) is 23.9 Å². The second-order valence-electron chi connectivity index (χ2n) is 11.8. The zero-order valence-corrected chi connectivity index (χ0v) is 26.3. The fourth-order valence-electron chi connectivity index (χ4n) is 4.71. The maximum absolute atomic E-state index is 14.5. The Balaban J connectivity index is 2.04. The number of carbonyl (C=O) groups is 1. The summed E-state index contributed by atoms with van der Waals surface area (Å²) >= 11 is 1.13. The lowest BCUT2D eigenvalue weighted by molar-refractivity contribution is -0.129. The third-order valence-electron chi connectivity index (χ3n) is 6.85. The Hall–Kier alpha value is -3.88. The molecule has 0 bridgehead atoms. The van der Waals surface area contributed by atoms with Gasteiger partial charge in [-0.2, -0.15) is 10.2 Å². The van der Waals surface area contributed by atoms with Crippen LogP contribution in [0.15, 0.2) is 40.2 Å². The van der Waals surface area contributed by atoms with E-state index in [1.54, 1.807) is 34.6 Å². The first-order valence-electron chi connectivity index (χ1n) is 13.7. The van der Waals surface area contributed by atoms with Crippen LogP contribution in [0.3, 0.4) is 0 Å².